The second-order valence-corrected chi connectivity index (χ2v) is 12.7. The number of carbonyl (C=O) groups excluding carboxylic acids is 1. The van der Waals surface area contributed by atoms with Gasteiger partial charge >= 0.3 is 13.7 Å². The molecule has 0 spiro atoms. The van der Waals surface area contributed by atoms with Crippen molar-refractivity contribution < 1.29 is 47.2 Å². The lowest BCUT2D eigenvalue weighted by molar-refractivity contribution is -0.204. The molecule has 5 N–H and O–H groups in total. The lowest BCUT2D eigenvalue weighted by Crippen LogP contribution is -2.51. The number of ether oxygens (including phenoxy) is 3. The molecule has 0 aliphatic heterocycles. The molecule has 46 heavy (non-hydrogen) atoms. The molecular formula is C29H42FN6O9P. The highest BCUT2D eigenvalue weighted by Crippen LogP contribution is 2.46. The van der Waals surface area contributed by atoms with Gasteiger partial charge in [0.05, 0.1) is 32.3 Å². The number of fused-ring (bicyclic) bond motifs is 1. The number of aliphatic hydroxyl groups is 2. The smallest absolute Gasteiger partial charge is 0.459 e. The van der Waals surface area contributed by atoms with Gasteiger partial charge in [-0.2, -0.15) is 15.1 Å². The number of nitrogens with one attached hydrogen (secondary N) is 1. The van der Waals surface area contributed by atoms with Crippen LogP contribution in [-0.2, 0) is 23.4 Å². The Labute approximate surface area is 266 Å². The molecule has 2 heterocycles. The molecule has 1 fully saturated rings. The van der Waals surface area contributed by atoms with Crippen LogP contribution >= 0.6 is 7.75 Å². The van der Waals surface area contributed by atoms with Gasteiger partial charge in [-0.05, 0) is 58.6 Å². The minimum Gasteiger partial charge on any atom is -0.476 e. The van der Waals surface area contributed by atoms with E-state index in [1.54, 1.807) is 25.1 Å². The number of alkyl halides is 1. The molecule has 3 aromatic rings. The van der Waals surface area contributed by atoms with Crippen molar-refractivity contribution in [3.8, 4) is 11.6 Å². The van der Waals surface area contributed by atoms with Crippen LogP contribution in [0.3, 0.4) is 0 Å². The van der Waals surface area contributed by atoms with Crippen LogP contribution in [0.2, 0.25) is 0 Å². The number of nitrogen functional groups attached to an aromatic ring is 1. The molecule has 0 radical (unpaired) electrons. The molecule has 5 atom stereocenters. The van der Waals surface area contributed by atoms with E-state index < -0.39 is 57.6 Å². The minimum absolute atomic E-state index is 0.0947. The molecule has 0 saturated heterocycles. The first-order chi connectivity index (χ1) is 22.0. The number of nitrogens with zero attached hydrogens (tertiary/aromatic N) is 4. The Morgan fingerprint density at radius 3 is 2.57 bits per heavy atom. The molecule has 1 saturated carbocycles. The van der Waals surface area contributed by atoms with Crippen molar-refractivity contribution in [1.29, 1.82) is 0 Å². The van der Waals surface area contributed by atoms with Crippen molar-refractivity contribution in [2.45, 2.75) is 83.0 Å². The van der Waals surface area contributed by atoms with Crippen LogP contribution in [0.1, 0.15) is 59.1 Å². The first-order valence-corrected chi connectivity index (χ1v) is 16.7. The molecule has 0 amide bonds. The molecule has 1 aliphatic carbocycles. The first-order valence-electron chi connectivity index (χ1n) is 15.2. The highest BCUT2D eigenvalue weighted by atomic mass is 31.2. The number of nitrogens with two attached hydrogens (primary N) is 1. The standard InChI is InChI=1S/C29H42FN6O9P/c1-4-41-26-24-25(33-28(31)34-26)36(18-32-24)23(15-37)44-29(16-30,20(3)38)17-42-46(40,45-22-13-9-6-10-14-22)35-19(2)27(39)43-21-11-7-5-8-12-21/h6,9-10,13-14,18-21,23,37-38H,4-5,7-8,11-12,15-17H2,1-3H3,(H,35,40)(H2,31,33,34)/t19-,20-,23+,29+,46?/m0/s1. The van der Waals surface area contributed by atoms with E-state index in [0.29, 0.717) is 0 Å². The Balaban J connectivity index is 1.58. The van der Waals surface area contributed by atoms with E-state index in [2.05, 4.69) is 20.0 Å². The fraction of sp³-hybridized carbons (Fsp3) is 0.586. The number of anilines is 1. The Bertz CT molecular complexity index is 1480. The summed E-state index contributed by atoms with van der Waals surface area (Å²) in [5, 5.41) is 23.7. The quantitative estimate of drug-likeness (QED) is 0.120. The van der Waals surface area contributed by atoms with E-state index in [1.165, 1.54) is 36.9 Å². The summed E-state index contributed by atoms with van der Waals surface area (Å²) < 4.78 is 58.8. The summed E-state index contributed by atoms with van der Waals surface area (Å²) in [6, 6.07) is 6.89. The number of hydrogen-bond donors (Lipinski definition) is 4. The van der Waals surface area contributed by atoms with Gasteiger partial charge < -0.3 is 34.7 Å². The number of hydrogen-bond acceptors (Lipinski definition) is 13. The molecule has 17 heteroatoms. The van der Waals surface area contributed by atoms with Crippen LogP contribution in [0.4, 0.5) is 10.3 Å². The fourth-order valence-corrected chi connectivity index (χ4v) is 6.43. The van der Waals surface area contributed by atoms with Crippen molar-refractivity contribution in [2.75, 3.05) is 32.2 Å². The number of halogens is 1. The van der Waals surface area contributed by atoms with E-state index >= 15 is 0 Å². The third-order valence-electron chi connectivity index (χ3n) is 7.50. The highest BCUT2D eigenvalue weighted by Gasteiger charge is 2.44. The molecule has 4 rings (SSSR count). The second-order valence-electron chi connectivity index (χ2n) is 11.0. The summed E-state index contributed by atoms with van der Waals surface area (Å²) >= 11 is 0. The second kappa shape index (κ2) is 15.9. The maximum atomic E-state index is 14.9. The van der Waals surface area contributed by atoms with E-state index in [1.807, 2.05) is 0 Å². The topological polar surface area (TPSA) is 202 Å². The minimum atomic E-state index is -4.47. The highest BCUT2D eigenvalue weighted by molar-refractivity contribution is 7.52. The summed E-state index contributed by atoms with van der Waals surface area (Å²) in [6.07, 6.45) is 2.50. The number of para-hydroxylation sites is 1. The Hall–Kier alpha value is -3.40. The van der Waals surface area contributed by atoms with E-state index in [-0.39, 0.29) is 41.5 Å². The maximum absolute atomic E-state index is 14.9. The number of carbonyl (C=O) groups is 1. The summed E-state index contributed by atoms with van der Waals surface area (Å²) in [4.78, 5) is 25.3. The van der Waals surface area contributed by atoms with Crippen molar-refractivity contribution in [1.82, 2.24) is 24.6 Å². The van der Waals surface area contributed by atoms with E-state index in [4.69, 9.17) is 29.0 Å². The zero-order valence-corrected chi connectivity index (χ0v) is 27.0. The van der Waals surface area contributed by atoms with Gasteiger partial charge in [0.2, 0.25) is 11.8 Å². The van der Waals surface area contributed by atoms with Crippen LogP contribution in [-0.4, -0.2) is 86.0 Å². The number of aliphatic hydroxyl groups excluding tert-OH is 2. The SMILES string of the molecule is CCOc1nc(N)nc2c1ncn2[C@@H](CO)O[C@](CF)(COP(=O)(N[C@@H](C)C(=O)OC1CCCCC1)Oc1ccccc1)[C@H](C)O. The van der Waals surface area contributed by atoms with Gasteiger partial charge in [0.15, 0.2) is 17.4 Å². The van der Waals surface area contributed by atoms with Crippen molar-refractivity contribution in [2.24, 2.45) is 0 Å². The lowest BCUT2D eigenvalue weighted by Gasteiger charge is -2.37. The van der Waals surface area contributed by atoms with Crippen LogP contribution in [0, 0.1) is 0 Å². The maximum Gasteiger partial charge on any atom is 0.459 e. The average Bonchev–Trinajstić information content (AvgIpc) is 3.46. The fourth-order valence-electron chi connectivity index (χ4n) is 4.89. The molecular weight excluding hydrogens is 626 g/mol. The summed E-state index contributed by atoms with van der Waals surface area (Å²) in [5.74, 6) is -0.574. The molecule has 1 aromatic carbocycles. The first kappa shape index (κ1) is 35.5. The molecule has 15 nitrogen and oxygen atoms in total. The normalized spacial score (nSPS) is 18.7. The Kier molecular flexibility index (Phi) is 12.3. The average molecular weight is 669 g/mol. The van der Waals surface area contributed by atoms with Crippen molar-refractivity contribution in [3.05, 3.63) is 36.7 Å². The van der Waals surface area contributed by atoms with Gasteiger partial charge in [0.25, 0.3) is 0 Å². The molecule has 1 aliphatic rings. The van der Waals surface area contributed by atoms with Gasteiger partial charge in [-0.25, -0.2) is 13.9 Å². The van der Waals surface area contributed by atoms with Gasteiger partial charge in [-0.3, -0.25) is 13.9 Å². The van der Waals surface area contributed by atoms with Crippen molar-refractivity contribution >= 4 is 30.8 Å². The van der Waals surface area contributed by atoms with Gasteiger partial charge in [-0.1, -0.05) is 24.6 Å². The zero-order chi connectivity index (χ0) is 33.3. The number of aromatic nitrogens is 4. The predicted molar refractivity (Wildman–Crippen MR) is 165 cm³/mol. The lowest BCUT2D eigenvalue weighted by atomic mass is 9.98. The summed E-state index contributed by atoms with van der Waals surface area (Å²) in [5.41, 5.74) is 3.96. The van der Waals surface area contributed by atoms with E-state index in [0.717, 1.165) is 32.1 Å². The Morgan fingerprint density at radius 1 is 1.22 bits per heavy atom. The number of esters is 1. The molecule has 1 unspecified atom stereocenters. The number of benzene rings is 1. The largest absolute Gasteiger partial charge is 0.476 e. The monoisotopic (exact) mass is 668 g/mol. The number of imidazole rings is 1. The van der Waals surface area contributed by atoms with Crippen LogP contribution < -0.4 is 20.1 Å². The third-order valence-corrected chi connectivity index (χ3v) is 9.12. The predicted octanol–water partition coefficient (Wildman–Crippen LogP) is 3.46. The summed E-state index contributed by atoms with van der Waals surface area (Å²) in [6.45, 7) is 1.78. The van der Waals surface area contributed by atoms with Crippen LogP contribution in [0.5, 0.6) is 11.6 Å². The van der Waals surface area contributed by atoms with Gasteiger partial charge in [0.1, 0.15) is 30.2 Å². The van der Waals surface area contributed by atoms with Crippen LogP contribution in [0.25, 0.3) is 11.2 Å². The Morgan fingerprint density at radius 2 is 1.93 bits per heavy atom. The van der Waals surface area contributed by atoms with E-state index in [9.17, 15) is 24.0 Å². The number of rotatable bonds is 17. The van der Waals surface area contributed by atoms with Crippen molar-refractivity contribution in [3.63, 3.8) is 0 Å². The zero-order valence-electron chi connectivity index (χ0n) is 26.1. The van der Waals surface area contributed by atoms with Gasteiger partial charge in [0, 0.05) is 0 Å². The third kappa shape index (κ3) is 8.69. The summed E-state index contributed by atoms with van der Waals surface area (Å²) in [7, 11) is -4.47. The molecule has 254 valence electrons. The van der Waals surface area contributed by atoms with Crippen LogP contribution in [0.15, 0.2) is 36.7 Å². The van der Waals surface area contributed by atoms with Gasteiger partial charge in [-0.15, -0.1) is 0 Å². The molecule has 2 aromatic heterocycles. The molecule has 0 bridgehead atoms.